The molecule has 0 spiro atoms. The van der Waals surface area contributed by atoms with Crippen molar-refractivity contribution in [2.45, 2.75) is 6.42 Å². The van der Waals surface area contributed by atoms with Crippen molar-refractivity contribution in [1.29, 1.82) is 0 Å². The fourth-order valence-corrected chi connectivity index (χ4v) is 2.26. The first-order valence-electron chi connectivity index (χ1n) is 5.68. The topological polar surface area (TPSA) is 24.9 Å². The van der Waals surface area contributed by atoms with Gasteiger partial charge in [-0.2, -0.15) is 0 Å². The predicted octanol–water partition coefficient (Wildman–Crippen LogP) is 3.46. The molecule has 1 N–H and O–H groups in total. The van der Waals surface area contributed by atoms with Gasteiger partial charge in [-0.05, 0) is 35.6 Å². The molecule has 1 aliphatic rings. The molecule has 0 unspecified atom stereocenters. The highest BCUT2D eigenvalue weighted by Gasteiger charge is 2.08. The number of halogens is 2. The number of nitrogens with zero attached hydrogens (tertiary/aromatic N) is 1. The van der Waals surface area contributed by atoms with Crippen LogP contribution in [0.5, 0.6) is 0 Å². The monoisotopic (exact) mass is 282 g/mol. The van der Waals surface area contributed by atoms with Crippen LogP contribution in [-0.2, 0) is 0 Å². The highest BCUT2D eigenvalue weighted by Crippen LogP contribution is 2.27. The second kappa shape index (κ2) is 6.74. The SMILES string of the molecule is C1=C(c2cccc3ccncc23)CCNC1.Cl.Cl. The number of benzene rings is 1. The van der Waals surface area contributed by atoms with Crippen molar-refractivity contribution in [1.82, 2.24) is 10.3 Å². The Hall–Kier alpha value is -1.09. The van der Waals surface area contributed by atoms with Gasteiger partial charge >= 0.3 is 0 Å². The van der Waals surface area contributed by atoms with Crippen molar-refractivity contribution < 1.29 is 0 Å². The number of fused-ring (bicyclic) bond motifs is 1. The molecule has 4 heteroatoms. The van der Waals surface area contributed by atoms with Gasteiger partial charge in [0.05, 0.1) is 0 Å². The molecule has 0 atom stereocenters. The minimum atomic E-state index is 0. The van der Waals surface area contributed by atoms with Gasteiger partial charge in [-0.3, -0.25) is 4.98 Å². The van der Waals surface area contributed by atoms with E-state index in [4.69, 9.17) is 0 Å². The minimum absolute atomic E-state index is 0. The van der Waals surface area contributed by atoms with Crippen LogP contribution < -0.4 is 5.32 Å². The van der Waals surface area contributed by atoms with E-state index in [9.17, 15) is 0 Å². The highest BCUT2D eigenvalue weighted by atomic mass is 35.5. The fourth-order valence-electron chi connectivity index (χ4n) is 2.26. The average molecular weight is 283 g/mol. The number of hydrogen-bond donors (Lipinski definition) is 1. The largest absolute Gasteiger partial charge is 0.313 e. The summed E-state index contributed by atoms with van der Waals surface area (Å²) in [5, 5.41) is 5.87. The van der Waals surface area contributed by atoms with Gasteiger partial charge in [0.1, 0.15) is 0 Å². The van der Waals surface area contributed by atoms with Crippen LogP contribution in [0.15, 0.2) is 42.7 Å². The first-order valence-corrected chi connectivity index (χ1v) is 5.68. The van der Waals surface area contributed by atoms with Crippen molar-refractivity contribution in [2.75, 3.05) is 13.1 Å². The number of pyridine rings is 1. The lowest BCUT2D eigenvalue weighted by atomic mass is 9.96. The zero-order chi connectivity index (χ0) is 10.8. The molecular formula is C14H16Cl2N2. The summed E-state index contributed by atoms with van der Waals surface area (Å²) in [6.07, 6.45) is 7.20. The Morgan fingerprint density at radius 2 is 2.00 bits per heavy atom. The molecule has 0 amide bonds. The Kier molecular flexibility index (Phi) is 5.60. The first kappa shape index (κ1) is 15.0. The van der Waals surface area contributed by atoms with E-state index in [0.29, 0.717) is 0 Å². The molecule has 0 aliphatic carbocycles. The van der Waals surface area contributed by atoms with Crippen LogP contribution in [0.2, 0.25) is 0 Å². The summed E-state index contributed by atoms with van der Waals surface area (Å²) in [6, 6.07) is 8.53. The summed E-state index contributed by atoms with van der Waals surface area (Å²) in [5.74, 6) is 0. The molecule has 1 aromatic carbocycles. The molecule has 3 rings (SSSR count). The summed E-state index contributed by atoms with van der Waals surface area (Å²) in [6.45, 7) is 2.05. The molecule has 1 aliphatic heterocycles. The molecule has 0 saturated heterocycles. The Balaban J connectivity index is 0.000000810. The van der Waals surface area contributed by atoms with E-state index in [1.165, 1.54) is 21.9 Å². The first-order chi connectivity index (χ1) is 7.95. The standard InChI is InChI=1S/C14H14N2.2ClH/c1-2-11-6-9-16-10-14(11)13(3-1)12-4-7-15-8-5-12;;/h1-4,6,9-10,15H,5,7-8H2;2*1H. The van der Waals surface area contributed by atoms with E-state index >= 15 is 0 Å². The molecule has 0 fully saturated rings. The third-order valence-corrected chi connectivity index (χ3v) is 3.09. The average Bonchev–Trinajstić information content (AvgIpc) is 2.39. The van der Waals surface area contributed by atoms with E-state index in [2.05, 4.69) is 40.6 Å². The van der Waals surface area contributed by atoms with E-state index in [1.54, 1.807) is 0 Å². The van der Waals surface area contributed by atoms with Crippen molar-refractivity contribution in [3.63, 3.8) is 0 Å². The fraction of sp³-hybridized carbons (Fsp3) is 0.214. The van der Waals surface area contributed by atoms with Crippen LogP contribution in [0.25, 0.3) is 16.3 Å². The van der Waals surface area contributed by atoms with Crippen LogP contribution in [-0.4, -0.2) is 18.1 Å². The van der Waals surface area contributed by atoms with Gasteiger partial charge in [0.25, 0.3) is 0 Å². The summed E-state index contributed by atoms with van der Waals surface area (Å²) in [4.78, 5) is 4.23. The summed E-state index contributed by atoms with van der Waals surface area (Å²) in [5.41, 5.74) is 2.78. The lowest BCUT2D eigenvalue weighted by Gasteiger charge is -2.15. The maximum atomic E-state index is 4.23. The normalized spacial score (nSPS) is 14.3. The number of hydrogen-bond acceptors (Lipinski definition) is 2. The Bertz CT molecular complexity index is 547. The number of aromatic nitrogens is 1. The molecule has 2 nitrogen and oxygen atoms in total. The second-order valence-electron chi connectivity index (χ2n) is 4.09. The molecule has 96 valence electrons. The van der Waals surface area contributed by atoms with Crippen LogP contribution in [0.3, 0.4) is 0 Å². The van der Waals surface area contributed by atoms with Crippen molar-refractivity contribution in [2.24, 2.45) is 0 Å². The summed E-state index contributed by atoms with van der Waals surface area (Å²) in [7, 11) is 0. The lowest BCUT2D eigenvalue weighted by molar-refractivity contribution is 0.739. The van der Waals surface area contributed by atoms with Gasteiger partial charge in [-0.1, -0.05) is 24.3 Å². The number of rotatable bonds is 1. The molecule has 2 aromatic rings. The van der Waals surface area contributed by atoms with Crippen molar-refractivity contribution in [3.8, 4) is 0 Å². The smallest absolute Gasteiger partial charge is 0.0352 e. The van der Waals surface area contributed by atoms with Gasteiger partial charge in [0.2, 0.25) is 0 Å². The maximum absolute atomic E-state index is 4.23. The zero-order valence-corrected chi connectivity index (χ0v) is 11.6. The van der Waals surface area contributed by atoms with Gasteiger partial charge in [0, 0.05) is 24.3 Å². The Labute approximate surface area is 119 Å². The van der Waals surface area contributed by atoms with Crippen molar-refractivity contribution >= 4 is 41.2 Å². The predicted molar refractivity (Wildman–Crippen MR) is 81.7 cm³/mol. The van der Waals surface area contributed by atoms with Crippen LogP contribution in [0.4, 0.5) is 0 Å². The molecule has 18 heavy (non-hydrogen) atoms. The molecule has 2 heterocycles. The van der Waals surface area contributed by atoms with Crippen LogP contribution >= 0.6 is 24.8 Å². The Morgan fingerprint density at radius 3 is 2.78 bits per heavy atom. The molecule has 0 bridgehead atoms. The van der Waals surface area contributed by atoms with E-state index in [0.717, 1.165) is 19.5 Å². The number of nitrogens with one attached hydrogen (secondary N) is 1. The summed E-state index contributed by atoms with van der Waals surface area (Å²) >= 11 is 0. The molecule has 1 aromatic heterocycles. The van der Waals surface area contributed by atoms with E-state index < -0.39 is 0 Å². The van der Waals surface area contributed by atoms with E-state index in [-0.39, 0.29) is 24.8 Å². The van der Waals surface area contributed by atoms with Gasteiger partial charge in [-0.15, -0.1) is 24.8 Å². The zero-order valence-electron chi connectivity index (χ0n) is 9.93. The third-order valence-electron chi connectivity index (χ3n) is 3.09. The van der Waals surface area contributed by atoms with Gasteiger partial charge in [0.15, 0.2) is 0 Å². The third kappa shape index (κ3) is 2.83. The minimum Gasteiger partial charge on any atom is -0.313 e. The van der Waals surface area contributed by atoms with Gasteiger partial charge < -0.3 is 5.32 Å². The van der Waals surface area contributed by atoms with E-state index in [1.807, 2.05) is 12.4 Å². The van der Waals surface area contributed by atoms with Gasteiger partial charge in [-0.25, -0.2) is 0 Å². The van der Waals surface area contributed by atoms with Crippen LogP contribution in [0, 0.1) is 0 Å². The summed E-state index contributed by atoms with van der Waals surface area (Å²) < 4.78 is 0. The lowest BCUT2D eigenvalue weighted by Crippen LogP contribution is -2.20. The van der Waals surface area contributed by atoms with Crippen molar-refractivity contribution in [3.05, 3.63) is 48.3 Å². The quantitative estimate of drug-likeness (QED) is 0.867. The molecule has 0 saturated carbocycles. The van der Waals surface area contributed by atoms with Crippen LogP contribution in [0.1, 0.15) is 12.0 Å². The highest BCUT2D eigenvalue weighted by molar-refractivity contribution is 5.93. The second-order valence-corrected chi connectivity index (χ2v) is 4.09. The Morgan fingerprint density at radius 1 is 1.11 bits per heavy atom. The maximum Gasteiger partial charge on any atom is 0.0352 e. The molecular weight excluding hydrogens is 267 g/mol. The molecule has 0 radical (unpaired) electrons.